The van der Waals surface area contributed by atoms with Crippen LogP contribution < -0.4 is 10.1 Å². The number of hydrogen-bond donors (Lipinski definition) is 1. The number of likely N-dealkylation sites (tertiary alicyclic amines) is 1. The van der Waals surface area contributed by atoms with Crippen molar-refractivity contribution in [2.75, 3.05) is 26.7 Å². The molecule has 0 aromatic heterocycles. The molecule has 0 saturated carbocycles. The van der Waals surface area contributed by atoms with Crippen LogP contribution in [-0.2, 0) is 10.2 Å². The zero-order chi connectivity index (χ0) is 17.7. The fourth-order valence-corrected chi connectivity index (χ4v) is 3.27. The lowest BCUT2D eigenvalue weighted by Crippen LogP contribution is -2.47. The Morgan fingerprint density at radius 3 is 2.52 bits per heavy atom. The van der Waals surface area contributed by atoms with E-state index in [2.05, 4.69) is 38.2 Å². The van der Waals surface area contributed by atoms with E-state index in [0.29, 0.717) is 5.92 Å². The Labute approximate surface area is 158 Å². The molecule has 2 atom stereocenters. The summed E-state index contributed by atoms with van der Waals surface area (Å²) in [5, 5.41) is 3.21. The van der Waals surface area contributed by atoms with Crippen molar-refractivity contribution in [3.05, 3.63) is 29.8 Å². The molecule has 4 nitrogen and oxygen atoms in total. The number of carbonyl (C=O) groups is 1. The Morgan fingerprint density at radius 1 is 1.32 bits per heavy atom. The monoisotopic (exact) mass is 368 g/mol. The summed E-state index contributed by atoms with van der Waals surface area (Å²) in [6, 6.07) is 8.08. The number of carbonyl (C=O) groups excluding carboxylic acids is 1. The Hall–Kier alpha value is -1.26. The van der Waals surface area contributed by atoms with Gasteiger partial charge in [-0.05, 0) is 62.4 Å². The van der Waals surface area contributed by atoms with Gasteiger partial charge in [-0.3, -0.25) is 4.79 Å². The molecule has 1 heterocycles. The smallest absolute Gasteiger partial charge is 0.263 e. The van der Waals surface area contributed by atoms with E-state index in [0.717, 1.165) is 31.8 Å². The second kappa shape index (κ2) is 9.44. The van der Waals surface area contributed by atoms with Crippen molar-refractivity contribution in [2.45, 2.75) is 52.1 Å². The third-order valence-electron chi connectivity index (χ3n) is 4.70. The molecule has 1 amide bonds. The van der Waals surface area contributed by atoms with Gasteiger partial charge in [0.15, 0.2) is 6.10 Å². The molecule has 0 spiro atoms. The number of hydrogen-bond acceptors (Lipinski definition) is 3. The van der Waals surface area contributed by atoms with Gasteiger partial charge in [0.05, 0.1) is 0 Å². The molecule has 1 N–H and O–H groups in total. The third kappa shape index (κ3) is 6.19. The molecule has 1 aromatic carbocycles. The molecule has 142 valence electrons. The van der Waals surface area contributed by atoms with E-state index in [9.17, 15) is 4.79 Å². The normalized spacial score (nSPS) is 19.1. The van der Waals surface area contributed by atoms with Gasteiger partial charge in [-0.1, -0.05) is 32.9 Å². The number of benzene rings is 1. The zero-order valence-electron chi connectivity index (χ0n) is 16.2. The second-order valence-corrected chi connectivity index (χ2v) is 7.88. The summed E-state index contributed by atoms with van der Waals surface area (Å²) in [6.45, 7) is 11.0. The summed E-state index contributed by atoms with van der Waals surface area (Å²) in [5.74, 6) is 1.40. The number of ether oxygens (including phenoxy) is 1. The fourth-order valence-electron chi connectivity index (χ4n) is 3.27. The summed E-state index contributed by atoms with van der Waals surface area (Å²) >= 11 is 0. The first-order valence-corrected chi connectivity index (χ1v) is 9.02. The molecule has 1 aliphatic rings. The fraction of sp³-hybridized carbons (Fsp3) is 0.650. The van der Waals surface area contributed by atoms with Crippen molar-refractivity contribution in [3.63, 3.8) is 0 Å². The maximum atomic E-state index is 12.7. The Balaban J connectivity index is 0.00000312. The third-order valence-corrected chi connectivity index (χ3v) is 4.70. The van der Waals surface area contributed by atoms with E-state index in [1.54, 1.807) is 0 Å². The molecular formula is C20H33ClN2O2. The number of nitrogens with one attached hydrogen (secondary N) is 1. The predicted molar refractivity (Wildman–Crippen MR) is 106 cm³/mol. The standard InChI is InChI=1S/C20H32N2O2.ClH/c1-15(19(23)22-12-6-7-16(14-22)13-21-5)24-18-10-8-17(9-11-18)20(2,3)4;/h8-11,15-16,21H,6-7,12-14H2,1-5H3;1H. The minimum Gasteiger partial charge on any atom is -0.481 e. The molecule has 2 rings (SSSR count). The van der Waals surface area contributed by atoms with Crippen molar-refractivity contribution >= 4 is 18.3 Å². The van der Waals surface area contributed by atoms with Gasteiger partial charge in [0.1, 0.15) is 5.75 Å². The molecule has 5 heteroatoms. The molecule has 1 saturated heterocycles. The number of amides is 1. The lowest BCUT2D eigenvalue weighted by molar-refractivity contribution is -0.139. The summed E-state index contributed by atoms with van der Waals surface area (Å²) in [5.41, 5.74) is 1.38. The van der Waals surface area contributed by atoms with Crippen molar-refractivity contribution in [2.24, 2.45) is 5.92 Å². The van der Waals surface area contributed by atoms with Crippen LogP contribution >= 0.6 is 12.4 Å². The van der Waals surface area contributed by atoms with Gasteiger partial charge in [-0.25, -0.2) is 0 Å². The van der Waals surface area contributed by atoms with Crippen molar-refractivity contribution < 1.29 is 9.53 Å². The number of rotatable bonds is 5. The van der Waals surface area contributed by atoms with E-state index in [4.69, 9.17) is 4.74 Å². The maximum Gasteiger partial charge on any atom is 0.263 e. The number of piperidine rings is 1. The van der Waals surface area contributed by atoms with Gasteiger partial charge >= 0.3 is 0 Å². The van der Waals surface area contributed by atoms with Crippen LogP contribution in [0.3, 0.4) is 0 Å². The average molecular weight is 369 g/mol. The Bertz CT molecular complexity index is 538. The summed E-state index contributed by atoms with van der Waals surface area (Å²) in [7, 11) is 1.97. The molecule has 2 unspecified atom stereocenters. The van der Waals surface area contributed by atoms with Gasteiger partial charge in [0, 0.05) is 13.1 Å². The minimum absolute atomic E-state index is 0. The van der Waals surface area contributed by atoms with Gasteiger partial charge in [-0.2, -0.15) is 0 Å². The van der Waals surface area contributed by atoms with E-state index >= 15 is 0 Å². The van der Waals surface area contributed by atoms with Crippen LogP contribution in [0.1, 0.15) is 46.1 Å². The van der Waals surface area contributed by atoms with E-state index in [-0.39, 0.29) is 23.7 Å². The Kier molecular flexibility index (Phi) is 8.23. The summed E-state index contributed by atoms with van der Waals surface area (Å²) in [4.78, 5) is 14.6. The molecule has 1 fully saturated rings. The largest absolute Gasteiger partial charge is 0.481 e. The minimum atomic E-state index is -0.446. The van der Waals surface area contributed by atoms with Gasteiger partial charge in [0.25, 0.3) is 5.91 Å². The lowest BCUT2D eigenvalue weighted by atomic mass is 9.87. The molecular weight excluding hydrogens is 336 g/mol. The summed E-state index contributed by atoms with van der Waals surface area (Å²) in [6.07, 6.45) is 1.82. The zero-order valence-corrected chi connectivity index (χ0v) is 17.0. The van der Waals surface area contributed by atoms with Crippen LogP contribution in [0.15, 0.2) is 24.3 Å². The number of nitrogens with zero attached hydrogens (tertiary/aromatic N) is 1. The van der Waals surface area contributed by atoms with Gasteiger partial charge in [-0.15, -0.1) is 12.4 Å². The van der Waals surface area contributed by atoms with Crippen LogP contribution in [-0.4, -0.2) is 43.6 Å². The van der Waals surface area contributed by atoms with Crippen LogP contribution in [0.5, 0.6) is 5.75 Å². The highest BCUT2D eigenvalue weighted by Crippen LogP contribution is 2.25. The molecule has 0 aliphatic carbocycles. The first kappa shape index (κ1) is 21.8. The number of halogens is 1. The highest BCUT2D eigenvalue weighted by atomic mass is 35.5. The van der Waals surface area contributed by atoms with Crippen LogP contribution in [0.25, 0.3) is 0 Å². The molecule has 0 radical (unpaired) electrons. The van der Waals surface area contributed by atoms with Gasteiger partial charge < -0.3 is 15.0 Å². The highest BCUT2D eigenvalue weighted by molar-refractivity contribution is 5.85. The van der Waals surface area contributed by atoms with Crippen molar-refractivity contribution in [1.29, 1.82) is 0 Å². The molecule has 0 bridgehead atoms. The van der Waals surface area contributed by atoms with Gasteiger partial charge in [0.2, 0.25) is 0 Å². The van der Waals surface area contributed by atoms with Crippen LogP contribution in [0.4, 0.5) is 0 Å². The quantitative estimate of drug-likeness (QED) is 0.862. The molecule has 1 aliphatic heterocycles. The first-order valence-electron chi connectivity index (χ1n) is 9.02. The van der Waals surface area contributed by atoms with E-state index < -0.39 is 6.10 Å². The second-order valence-electron chi connectivity index (χ2n) is 7.88. The van der Waals surface area contributed by atoms with Crippen LogP contribution in [0, 0.1) is 5.92 Å². The predicted octanol–water partition coefficient (Wildman–Crippen LogP) is 3.63. The van der Waals surface area contributed by atoms with E-state index in [1.807, 2.05) is 31.0 Å². The lowest BCUT2D eigenvalue weighted by Gasteiger charge is -2.34. The maximum absolute atomic E-state index is 12.7. The van der Waals surface area contributed by atoms with Crippen molar-refractivity contribution in [1.82, 2.24) is 10.2 Å². The van der Waals surface area contributed by atoms with Crippen molar-refractivity contribution in [3.8, 4) is 5.75 Å². The van der Waals surface area contributed by atoms with Crippen LogP contribution in [0.2, 0.25) is 0 Å². The summed E-state index contributed by atoms with van der Waals surface area (Å²) < 4.78 is 5.89. The first-order chi connectivity index (χ1) is 11.3. The highest BCUT2D eigenvalue weighted by Gasteiger charge is 2.27. The SMILES string of the molecule is CNCC1CCCN(C(=O)C(C)Oc2ccc(C(C)(C)C)cc2)C1.Cl. The average Bonchev–Trinajstić information content (AvgIpc) is 2.54. The molecule has 1 aromatic rings. The van der Waals surface area contributed by atoms with E-state index in [1.165, 1.54) is 12.0 Å². The Morgan fingerprint density at radius 2 is 1.96 bits per heavy atom. The molecule has 25 heavy (non-hydrogen) atoms. The topological polar surface area (TPSA) is 41.6 Å².